The molecule has 0 atom stereocenters. The van der Waals surface area contributed by atoms with Gasteiger partial charge in [0, 0.05) is 18.6 Å². The summed E-state index contributed by atoms with van der Waals surface area (Å²) in [4.78, 5) is 29.7. The first-order chi connectivity index (χ1) is 15.0. The van der Waals surface area contributed by atoms with Gasteiger partial charge in [-0.2, -0.15) is 0 Å². The van der Waals surface area contributed by atoms with Gasteiger partial charge < -0.3 is 19.5 Å². The van der Waals surface area contributed by atoms with Crippen LogP contribution in [0.2, 0.25) is 0 Å². The maximum atomic E-state index is 13.4. The van der Waals surface area contributed by atoms with Crippen molar-refractivity contribution >= 4 is 11.9 Å². The van der Waals surface area contributed by atoms with E-state index in [0.717, 1.165) is 24.4 Å². The standard InChI is InChI=1S/C26H39N3O3/c1-20(2)14-16-29(25(31)27-26(4,5)6)19-24(30)28(18-23-13-12-21(3)32-23)17-15-22-10-8-7-9-11-22/h7-13,20H,14-19H2,1-6H3,(H,27,31). The maximum absolute atomic E-state index is 13.4. The quantitative estimate of drug-likeness (QED) is 0.563. The molecule has 1 aromatic carbocycles. The topological polar surface area (TPSA) is 65.8 Å². The summed E-state index contributed by atoms with van der Waals surface area (Å²) in [5.41, 5.74) is 0.803. The molecular weight excluding hydrogens is 402 g/mol. The van der Waals surface area contributed by atoms with E-state index >= 15 is 0 Å². The van der Waals surface area contributed by atoms with Gasteiger partial charge in [-0.3, -0.25) is 4.79 Å². The predicted octanol–water partition coefficient (Wildman–Crippen LogP) is 5.02. The number of amides is 3. The highest BCUT2D eigenvalue weighted by atomic mass is 16.3. The van der Waals surface area contributed by atoms with E-state index in [4.69, 9.17) is 4.42 Å². The molecule has 0 bridgehead atoms. The van der Waals surface area contributed by atoms with Crippen LogP contribution in [0.3, 0.4) is 0 Å². The minimum absolute atomic E-state index is 0.0448. The molecule has 2 aromatic rings. The van der Waals surface area contributed by atoms with Crippen molar-refractivity contribution in [2.75, 3.05) is 19.6 Å². The monoisotopic (exact) mass is 441 g/mol. The summed E-state index contributed by atoms with van der Waals surface area (Å²) >= 11 is 0. The number of furan rings is 1. The molecule has 1 heterocycles. The molecule has 0 fully saturated rings. The Morgan fingerprint density at radius 2 is 1.69 bits per heavy atom. The van der Waals surface area contributed by atoms with Crippen molar-refractivity contribution in [1.29, 1.82) is 0 Å². The van der Waals surface area contributed by atoms with Gasteiger partial charge in [-0.15, -0.1) is 0 Å². The largest absolute Gasteiger partial charge is 0.464 e. The Hall–Kier alpha value is -2.76. The SMILES string of the molecule is Cc1ccc(CN(CCc2ccccc2)C(=O)CN(CCC(C)C)C(=O)NC(C)(C)C)o1. The first kappa shape index (κ1) is 25.5. The minimum atomic E-state index is -0.366. The molecule has 0 radical (unpaired) electrons. The van der Waals surface area contributed by atoms with Crippen LogP contribution in [0.1, 0.15) is 58.1 Å². The Morgan fingerprint density at radius 3 is 2.25 bits per heavy atom. The van der Waals surface area contributed by atoms with Gasteiger partial charge in [0.25, 0.3) is 0 Å². The van der Waals surface area contributed by atoms with Crippen LogP contribution in [-0.2, 0) is 17.8 Å². The zero-order valence-electron chi connectivity index (χ0n) is 20.5. The van der Waals surface area contributed by atoms with Gasteiger partial charge in [-0.25, -0.2) is 4.79 Å². The summed E-state index contributed by atoms with van der Waals surface area (Å²) < 4.78 is 5.73. The zero-order valence-corrected chi connectivity index (χ0v) is 20.5. The molecule has 1 aromatic heterocycles. The van der Waals surface area contributed by atoms with E-state index < -0.39 is 0 Å². The first-order valence-electron chi connectivity index (χ1n) is 11.5. The summed E-state index contributed by atoms with van der Waals surface area (Å²) in [7, 11) is 0. The van der Waals surface area contributed by atoms with Crippen molar-refractivity contribution in [3.8, 4) is 0 Å². The molecule has 6 nitrogen and oxygen atoms in total. The molecule has 0 unspecified atom stereocenters. The molecule has 2 rings (SSSR count). The lowest BCUT2D eigenvalue weighted by Crippen LogP contribution is -2.52. The van der Waals surface area contributed by atoms with E-state index in [-0.39, 0.29) is 24.0 Å². The molecule has 6 heteroatoms. The van der Waals surface area contributed by atoms with Gasteiger partial charge in [-0.05, 0) is 64.2 Å². The molecule has 0 saturated heterocycles. The Labute approximate surface area is 193 Å². The average molecular weight is 442 g/mol. The van der Waals surface area contributed by atoms with Crippen molar-refractivity contribution in [1.82, 2.24) is 15.1 Å². The van der Waals surface area contributed by atoms with Crippen LogP contribution in [0.5, 0.6) is 0 Å². The third-order valence-corrected chi connectivity index (χ3v) is 5.08. The molecule has 0 saturated carbocycles. The number of nitrogens with one attached hydrogen (secondary N) is 1. The highest BCUT2D eigenvalue weighted by Crippen LogP contribution is 2.13. The lowest BCUT2D eigenvalue weighted by Gasteiger charge is -2.30. The lowest BCUT2D eigenvalue weighted by atomic mass is 10.1. The second kappa shape index (κ2) is 11.7. The number of urea groups is 1. The number of nitrogens with zero attached hydrogens (tertiary/aromatic N) is 2. The summed E-state index contributed by atoms with van der Waals surface area (Å²) in [5, 5.41) is 3.00. The van der Waals surface area contributed by atoms with E-state index in [9.17, 15) is 9.59 Å². The van der Waals surface area contributed by atoms with Gasteiger partial charge in [0.15, 0.2) is 0 Å². The summed E-state index contributed by atoms with van der Waals surface area (Å²) in [6.07, 6.45) is 1.58. The van der Waals surface area contributed by atoms with Gasteiger partial charge in [0.2, 0.25) is 5.91 Å². The molecular formula is C26H39N3O3. The second-order valence-electron chi connectivity index (χ2n) is 9.85. The van der Waals surface area contributed by atoms with Crippen molar-refractivity contribution in [2.45, 2.75) is 66.5 Å². The zero-order chi connectivity index (χ0) is 23.7. The summed E-state index contributed by atoms with van der Waals surface area (Å²) in [6.45, 7) is 13.5. The number of hydrogen-bond donors (Lipinski definition) is 1. The van der Waals surface area contributed by atoms with E-state index in [1.54, 1.807) is 9.80 Å². The van der Waals surface area contributed by atoms with E-state index in [2.05, 4.69) is 31.3 Å². The first-order valence-corrected chi connectivity index (χ1v) is 11.5. The Morgan fingerprint density at radius 1 is 1.00 bits per heavy atom. The lowest BCUT2D eigenvalue weighted by molar-refractivity contribution is -0.132. The van der Waals surface area contributed by atoms with Crippen molar-refractivity contribution in [3.05, 3.63) is 59.5 Å². The van der Waals surface area contributed by atoms with Gasteiger partial charge in [-0.1, -0.05) is 44.2 Å². The van der Waals surface area contributed by atoms with Crippen LogP contribution in [-0.4, -0.2) is 46.9 Å². The average Bonchev–Trinajstić information content (AvgIpc) is 3.12. The number of rotatable bonds is 10. The van der Waals surface area contributed by atoms with E-state index in [1.165, 1.54) is 5.56 Å². The van der Waals surface area contributed by atoms with E-state index in [0.29, 0.717) is 25.6 Å². The summed E-state index contributed by atoms with van der Waals surface area (Å²) in [6, 6.07) is 13.7. The Kier molecular flexibility index (Phi) is 9.36. The van der Waals surface area contributed by atoms with Crippen molar-refractivity contribution in [3.63, 3.8) is 0 Å². The molecule has 3 amide bonds. The van der Waals surface area contributed by atoms with Gasteiger partial charge in [0.05, 0.1) is 6.54 Å². The summed E-state index contributed by atoms with van der Waals surface area (Å²) in [5.74, 6) is 1.92. The Bertz CT molecular complexity index is 853. The van der Waals surface area contributed by atoms with Crippen LogP contribution in [0.25, 0.3) is 0 Å². The third-order valence-electron chi connectivity index (χ3n) is 5.08. The van der Waals surface area contributed by atoms with Gasteiger partial charge in [0.1, 0.15) is 18.1 Å². The number of hydrogen-bond acceptors (Lipinski definition) is 3. The molecule has 0 aliphatic carbocycles. The number of carbonyl (C=O) groups is 2. The second-order valence-corrected chi connectivity index (χ2v) is 9.85. The molecule has 32 heavy (non-hydrogen) atoms. The smallest absolute Gasteiger partial charge is 0.318 e. The van der Waals surface area contributed by atoms with E-state index in [1.807, 2.05) is 58.0 Å². The molecule has 0 spiro atoms. The third kappa shape index (κ3) is 9.16. The van der Waals surface area contributed by atoms with Crippen molar-refractivity contribution in [2.24, 2.45) is 5.92 Å². The molecule has 0 aliphatic heterocycles. The fourth-order valence-electron chi connectivity index (χ4n) is 3.29. The van der Waals surface area contributed by atoms with Gasteiger partial charge >= 0.3 is 6.03 Å². The van der Waals surface area contributed by atoms with Crippen LogP contribution in [0, 0.1) is 12.8 Å². The van der Waals surface area contributed by atoms with Crippen molar-refractivity contribution < 1.29 is 14.0 Å². The van der Waals surface area contributed by atoms with Crippen LogP contribution in [0.15, 0.2) is 46.9 Å². The maximum Gasteiger partial charge on any atom is 0.318 e. The molecule has 1 N–H and O–H groups in total. The number of benzene rings is 1. The highest BCUT2D eigenvalue weighted by Gasteiger charge is 2.25. The molecule has 176 valence electrons. The molecule has 0 aliphatic rings. The van der Waals surface area contributed by atoms with Crippen LogP contribution >= 0.6 is 0 Å². The highest BCUT2D eigenvalue weighted by molar-refractivity contribution is 5.84. The minimum Gasteiger partial charge on any atom is -0.464 e. The van der Waals surface area contributed by atoms with Crippen LogP contribution < -0.4 is 5.32 Å². The normalized spacial score (nSPS) is 11.5. The number of carbonyl (C=O) groups excluding carboxylic acids is 2. The fourth-order valence-corrected chi connectivity index (χ4v) is 3.29. The fraction of sp³-hybridized carbons (Fsp3) is 0.538. The number of aryl methyl sites for hydroxylation is 1. The predicted molar refractivity (Wildman–Crippen MR) is 128 cm³/mol. The Balaban J connectivity index is 2.14. The van der Waals surface area contributed by atoms with Crippen LogP contribution in [0.4, 0.5) is 4.79 Å².